The van der Waals surface area contributed by atoms with Gasteiger partial charge in [-0.05, 0) is 60.2 Å². The highest BCUT2D eigenvalue weighted by molar-refractivity contribution is 6.04. The molecule has 2 heterocycles. The number of methoxy groups -OCH3 is 2. The molecule has 45 heavy (non-hydrogen) atoms. The Balaban J connectivity index is 1.44. The van der Waals surface area contributed by atoms with Gasteiger partial charge in [-0.2, -0.15) is 18.3 Å². The number of hydrogen-bond acceptors (Lipinski definition) is 7. The van der Waals surface area contributed by atoms with E-state index in [-0.39, 0.29) is 18.7 Å². The minimum atomic E-state index is -4.53. The van der Waals surface area contributed by atoms with Crippen LogP contribution in [0.3, 0.4) is 0 Å². The topological polar surface area (TPSA) is 83.9 Å². The van der Waals surface area contributed by atoms with Crippen molar-refractivity contribution < 1.29 is 37.0 Å². The first-order valence-electron chi connectivity index (χ1n) is 14.6. The summed E-state index contributed by atoms with van der Waals surface area (Å²) >= 11 is 0. The largest absolute Gasteiger partial charge is 0.497 e. The Morgan fingerprint density at radius 3 is 2.29 bits per heavy atom. The van der Waals surface area contributed by atoms with Crippen LogP contribution in [0.2, 0.25) is 0 Å². The lowest BCUT2D eigenvalue weighted by atomic mass is 9.97. The number of ether oxygens (including phenoxy) is 3. The van der Waals surface area contributed by atoms with E-state index in [1.807, 2.05) is 48.5 Å². The van der Waals surface area contributed by atoms with Crippen molar-refractivity contribution >= 4 is 17.5 Å². The lowest BCUT2D eigenvalue weighted by molar-refractivity contribution is -0.137. The van der Waals surface area contributed by atoms with Gasteiger partial charge < -0.3 is 19.1 Å². The highest BCUT2D eigenvalue weighted by Gasteiger charge is 2.36. The van der Waals surface area contributed by atoms with E-state index in [0.29, 0.717) is 56.5 Å². The molecule has 0 saturated carbocycles. The van der Waals surface area contributed by atoms with Crippen molar-refractivity contribution in [1.29, 1.82) is 0 Å². The van der Waals surface area contributed by atoms with Crippen LogP contribution in [0.1, 0.15) is 39.5 Å². The summed E-state index contributed by atoms with van der Waals surface area (Å²) in [7, 11) is 3.14. The van der Waals surface area contributed by atoms with Crippen LogP contribution in [0.15, 0.2) is 77.9 Å². The molecule has 12 heteroatoms. The molecule has 1 saturated heterocycles. The van der Waals surface area contributed by atoms with Gasteiger partial charge in [-0.1, -0.05) is 18.2 Å². The van der Waals surface area contributed by atoms with Gasteiger partial charge in [-0.25, -0.2) is 5.01 Å². The maximum Gasteiger partial charge on any atom is 0.416 e. The first kappa shape index (κ1) is 32.0. The number of benzene rings is 3. The summed E-state index contributed by atoms with van der Waals surface area (Å²) in [5, 5.41) is 6.12. The predicted octanol–water partition coefficient (Wildman–Crippen LogP) is 4.87. The SMILES string of the molecule is COc1ccc(C2=NN(C(=O)CN(CCN3CCOCC3)C(=O)c3ccc(C(F)(F)F)cc3)C(c3ccccc3OC)C2)cc1. The maximum absolute atomic E-state index is 14.1. The van der Waals surface area contributed by atoms with Crippen molar-refractivity contribution in [2.24, 2.45) is 5.10 Å². The molecular weight excluding hydrogens is 589 g/mol. The Morgan fingerprint density at radius 2 is 1.64 bits per heavy atom. The van der Waals surface area contributed by atoms with E-state index in [9.17, 15) is 22.8 Å². The number of rotatable bonds is 10. The minimum Gasteiger partial charge on any atom is -0.497 e. The summed E-state index contributed by atoms with van der Waals surface area (Å²) in [6, 6.07) is 18.3. The van der Waals surface area contributed by atoms with E-state index < -0.39 is 29.6 Å². The third-order valence-electron chi connectivity index (χ3n) is 7.95. The molecule has 1 atom stereocenters. The highest BCUT2D eigenvalue weighted by Crippen LogP contribution is 2.38. The van der Waals surface area contributed by atoms with Crippen LogP contribution in [0.5, 0.6) is 11.5 Å². The smallest absolute Gasteiger partial charge is 0.416 e. The monoisotopic (exact) mass is 624 g/mol. The predicted molar refractivity (Wildman–Crippen MR) is 161 cm³/mol. The summed E-state index contributed by atoms with van der Waals surface area (Å²) in [4.78, 5) is 31.3. The average Bonchev–Trinajstić information content (AvgIpc) is 3.52. The molecule has 9 nitrogen and oxygen atoms in total. The van der Waals surface area contributed by atoms with Crippen molar-refractivity contribution in [2.45, 2.75) is 18.6 Å². The Kier molecular flexibility index (Phi) is 10.0. The second-order valence-corrected chi connectivity index (χ2v) is 10.7. The van der Waals surface area contributed by atoms with E-state index in [4.69, 9.17) is 19.3 Å². The number of morpholine rings is 1. The molecule has 238 valence electrons. The van der Waals surface area contributed by atoms with Gasteiger partial charge in [-0.15, -0.1) is 0 Å². The van der Waals surface area contributed by atoms with Gasteiger partial charge in [-0.3, -0.25) is 14.5 Å². The number of carbonyl (C=O) groups is 2. The Labute approximate surface area is 259 Å². The summed E-state index contributed by atoms with van der Waals surface area (Å²) in [6.45, 7) is 2.80. The zero-order chi connectivity index (χ0) is 32.0. The van der Waals surface area contributed by atoms with Gasteiger partial charge in [0.1, 0.15) is 18.0 Å². The first-order chi connectivity index (χ1) is 21.7. The molecule has 0 aliphatic carbocycles. The van der Waals surface area contributed by atoms with Gasteiger partial charge in [0.15, 0.2) is 0 Å². The van der Waals surface area contributed by atoms with Gasteiger partial charge in [0.05, 0.1) is 44.8 Å². The number of nitrogens with zero attached hydrogens (tertiary/aromatic N) is 4. The quantitative estimate of drug-likeness (QED) is 0.320. The van der Waals surface area contributed by atoms with E-state index in [1.165, 1.54) is 9.91 Å². The summed E-state index contributed by atoms with van der Waals surface area (Å²) in [5.41, 5.74) is 1.45. The van der Waals surface area contributed by atoms with Crippen LogP contribution < -0.4 is 9.47 Å². The first-order valence-corrected chi connectivity index (χ1v) is 14.6. The van der Waals surface area contributed by atoms with Gasteiger partial charge in [0.2, 0.25) is 0 Å². The van der Waals surface area contributed by atoms with Gasteiger partial charge in [0.25, 0.3) is 11.8 Å². The molecule has 2 aliphatic heterocycles. The lowest BCUT2D eigenvalue weighted by Gasteiger charge is -2.31. The molecule has 1 unspecified atom stereocenters. The molecule has 0 radical (unpaired) electrons. The Morgan fingerprint density at radius 1 is 0.956 bits per heavy atom. The zero-order valence-corrected chi connectivity index (χ0v) is 25.1. The minimum absolute atomic E-state index is 0.0582. The number of hydrazone groups is 1. The molecule has 0 spiro atoms. The fourth-order valence-electron chi connectivity index (χ4n) is 5.44. The number of hydrogen-bond donors (Lipinski definition) is 0. The third kappa shape index (κ3) is 7.63. The van der Waals surface area contributed by atoms with Crippen molar-refractivity contribution in [3.63, 3.8) is 0 Å². The lowest BCUT2D eigenvalue weighted by Crippen LogP contribution is -2.46. The Hall–Kier alpha value is -4.42. The average molecular weight is 625 g/mol. The second-order valence-electron chi connectivity index (χ2n) is 10.7. The number of amides is 2. The maximum atomic E-state index is 14.1. The van der Waals surface area contributed by atoms with Crippen molar-refractivity contribution in [3.05, 3.63) is 95.1 Å². The van der Waals surface area contributed by atoms with Crippen LogP contribution in [0.4, 0.5) is 13.2 Å². The molecule has 1 fully saturated rings. The van der Waals surface area contributed by atoms with Crippen LogP contribution in [0, 0.1) is 0 Å². The fraction of sp³-hybridized carbons (Fsp3) is 0.364. The van der Waals surface area contributed by atoms with Crippen LogP contribution in [-0.2, 0) is 15.7 Å². The number of halogens is 3. The summed E-state index contributed by atoms with van der Waals surface area (Å²) in [5.74, 6) is 0.301. The van der Waals surface area contributed by atoms with E-state index in [0.717, 1.165) is 35.4 Å². The number of carbonyl (C=O) groups excluding carboxylic acids is 2. The highest BCUT2D eigenvalue weighted by atomic mass is 19.4. The molecule has 0 aromatic heterocycles. The normalized spacial score (nSPS) is 17.1. The van der Waals surface area contributed by atoms with Gasteiger partial charge >= 0.3 is 6.18 Å². The van der Waals surface area contributed by atoms with Crippen molar-refractivity contribution in [1.82, 2.24) is 14.8 Å². The summed E-state index contributed by atoms with van der Waals surface area (Å²) < 4.78 is 55.9. The standard InChI is InChI=1S/C33H35F3N4O5/c1-43-26-13-9-23(10-14-26)28-21-29(27-5-3-4-6-30(27)44-2)40(37-28)31(41)22-39(16-15-38-17-19-45-20-18-38)32(42)24-7-11-25(12-8-24)33(34,35)36/h3-14,29H,15-22H2,1-2H3. The van der Waals surface area contributed by atoms with Gasteiger partial charge in [0, 0.05) is 43.7 Å². The molecule has 5 rings (SSSR count). The molecule has 2 amide bonds. The molecule has 3 aromatic carbocycles. The number of para-hydroxylation sites is 1. The van der Waals surface area contributed by atoms with Crippen molar-refractivity contribution in [2.75, 3.05) is 60.2 Å². The fourth-order valence-corrected chi connectivity index (χ4v) is 5.44. The van der Waals surface area contributed by atoms with Crippen molar-refractivity contribution in [3.8, 4) is 11.5 Å². The summed E-state index contributed by atoms with van der Waals surface area (Å²) in [6.07, 6.45) is -4.13. The van der Waals surface area contributed by atoms with Crippen LogP contribution >= 0.6 is 0 Å². The molecular formula is C33H35F3N4O5. The molecule has 0 N–H and O–H groups in total. The van der Waals surface area contributed by atoms with E-state index in [1.54, 1.807) is 14.2 Å². The zero-order valence-electron chi connectivity index (χ0n) is 25.1. The van der Waals surface area contributed by atoms with E-state index >= 15 is 0 Å². The molecule has 0 bridgehead atoms. The van der Waals surface area contributed by atoms with Crippen LogP contribution in [0.25, 0.3) is 0 Å². The Bertz CT molecular complexity index is 1510. The van der Waals surface area contributed by atoms with E-state index in [2.05, 4.69) is 4.90 Å². The second kappa shape index (κ2) is 14.1. The third-order valence-corrected chi connectivity index (χ3v) is 7.95. The van der Waals surface area contributed by atoms with Crippen LogP contribution in [-0.4, -0.2) is 92.5 Å². The molecule has 2 aliphatic rings. The molecule has 3 aromatic rings. The number of alkyl halides is 3.